The molecule has 2 aliphatic rings. The normalized spacial score (nSPS) is 21.1. The molecule has 1 atom stereocenters. The Morgan fingerprint density at radius 2 is 1.88 bits per heavy atom. The van der Waals surface area contributed by atoms with Gasteiger partial charge in [0.1, 0.15) is 5.78 Å². The predicted octanol–water partition coefficient (Wildman–Crippen LogP) is 5.53. The van der Waals surface area contributed by atoms with Crippen LogP contribution in [0.15, 0.2) is 18.2 Å². The molecular weight excluding hydrogens is 414 g/mol. The van der Waals surface area contributed by atoms with Crippen molar-refractivity contribution in [3.8, 4) is 0 Å². The lowest BCUT2D eigenvalue weighted by molar-refractivity contribution is -0.137. The zero-order valence-electron chi connectivity index (χ0n) is 20.4. The third kappa shape index (κ3) is 5.71. The Kier molecular flexibility index (Phi) is 7.01. The molecule has 0 spiro atoms. The van der Waals surface area contributed by atoms with E-state index in [9.17, 15) is 14.7 Å². The molecule has 1 aromatic carbocycles. The Hall–Kier alpha value is -2.50. The van der Waals surface area contributed by atoms with E-state index in [1.54, 1.807) is 0 Å². The molecule has 2 saturated carbocycles. The van der Waals surface area contributed by atoms with Gasteiger partial charge in [-0.05, 0) is 68.9 Å². The number of aliphatic carboxylic acids is 1. The zero-order valence-corrected chi connectivity index (χ0v) is 20.4. The summed E-state index contributed by atoms with van der Waals surface area (Å²) in [5, 5.41) is 18.6. The average Bonchev–Trinajstić information content (AvgIpc) is 3.44. The maximum Gasteiger partial charge on any atom is 0.304 e. The number of hydrogen-bond acceptors (Lipinski definition) is 4. The van der Waals surface area contributed by atoms with Gasteiger partial charge in [-0.15, -0.1) is 5.10 Å². The average molecular weight is 452 g/mol. The van der Waals surface area contributed by atoms with Crippen molar-refractivity contribution in [1.29, 1.82) is 0 Å². The lowest BCUT2D eigenvalue weighted by atomic mass is 9.75. The van der Waals surface area contributed by atoms with Crippen LogP contribution in [-0.4, -0.2) is 31.9 Å². The second-order valence-corrected chi connectivity index (χ2v) is 10.8. The Balaban J connectivity index is 1.52. The molecular formula is C27H37N3O3. The number of carboxylic acid groups (broad SMARTS) is 1. The first-order valence-corrected chi connectivity index (χ1v) is 12.5. The van der Waals surface area contributed by atoms with E-state index in [1.807, 2.05) is 26.0 Å². The molecule has 0 aliphatic heterocycles. The third-order valence-electron chi connectivity index (χ3n) is 7.25. The smallest absolute Gasteiger partial charge is 0.304 e. The highest BCUT2D eigenvalue weighted by molar-refractivity contribution is 5.83. The monoisotopic (exact) mass is 451 g/mol. The van der Waals surface area contributed by atoms with E-state index in [4.69, 9.17) is 0 Å². The van der Waals surface area contributed by atoms with Crippen molar-refractivity contribution >= 4 is 11.8 Å². The lowest BCUT2D eigenvalue weighted by Gasteiger charge is -2.37. The summed E-state index contributed by atoms with van der Waals surface area (Å²) < 4.78 is 2.09. The number of hydrogen-bond donors (Lipinski definition) is 1. The number of benzene rings is 1. The van der Waals surface area contributed by atoms with Gasteiger partial charge in [-0.2, -0.15) is 0 Å². The molecule has 0 radical (unpaired) electrons. The second kappa shape index (κ2) is 9.78. The van der Waals surface area contributed by atoms with E-state index in [-0.39, 0.29) is 18.6 Å². The summed E-state index contributed by atoms with van der Waals surface area (Å²) in [7, 11) is 0. The number of rotatable bonds is 11. The molecule has 1 heterocycles. The summed E-state index contributed by atoms with van der Waals surface area (Å²) in [5.41, 5.74) is 5.14. The Bertz CT molecular complexity index is 1020. The largest absolute Gasteiger partial charge is 0.481 e. The van der Waals surface area contributed by atoms with Gasteiger partial charge < -0.3 is 5.11 Å². The first-order chi connectivity index (χ1) is 15.7. The van der Waals surface area contributed by atoms with E-state index in [2.05, 4.69) is 34.9 Å². The highest BCUT2D eigenvalue weighted by Crippen LogP contribution is 2.48. The molecule has 2 fully saturated rings. The number of aromatic nitrogens is 3. The van der Waals surface area contributed by atoms with Crippen molar-refractivity contribution < 1.29 is 14.7 Å². The molecule has 1 aromatic heterocycles. The Morgan fingerprint density at radius 1 is 1.15 bits per heavy atom. The molecule has 6 nitrogen and oxygen atoms in total. The van der Waals surface area contributed by atoms with Gasteiger partial charge in [-0.3, -0.25) is 9.59 Å². The number of ketones is 1. The van der Waals surface area contributed by atoms with Crippen molar-refractivity contribution in [2.45, 2.75) is 96.9 Å². The molecule has 0 amide bonds. The van der Waals surface area contributed by atoms with Crippen molar-refractivity contribution in [1.82, 2.24) is 15.0 Å². The predicted molar refractivity (Wildman–Crippen MR) is 127 cm³/mol. The summed E-state index contributed by atoms with van der Waals surface area (Å²) in [6, 6.07) is 6.47. The fourth-order valence-corrected chi connectivity index (χ4v) is 5.47. The highest BCUT2D eigenvalue weighted by atomic mass is 16.4. The summed E-state index contributed by atoms with van der Waals surface area (Å²) >= 11 is 0. The standard InChI is InChI=1S/C27H37N3O3/c1-16(2)9-19-11-23(12-19)30-27(20-7-8-20)26(28-29-30)22(15-25(32)33)14-24(31)13-21-6-5-17(3)10-18(21)4/h5-6,10,16,19-20,22-23H,7-9,11-15H2,1-4H3,(H,32,33). The van der Waals surface area contributed by atoms with Crippen LogP contribution in [0.1, 0.15) is 105 Å². The van der Waals surface area contributed by atoms with Gasteiger partial charge in [-0.1, -0.05) is 42.8 Å². The third-order valence-corrected chi connectivity index (χ3v) is 7.25. The molecule has 6 heteroatoms. The second-order valence-electron chi connectivity index (χ2n) is 10.8. The minimum absolute atomic E-state index is 0.0603. The minimum Gasteiger partial charge on any atom is -0.481 e. The molecule has 4 rings (SSSR count). The number of Topliss-reactive ketones (excluding diaryl/α,β-unsaturated/α-hetero) is 1. The van der Waals surface area contributed by atoms with Gasteiger partial charge in [0.15, 0.2) is 0 Å². The van der Waals surface area contributed by atoms with Crippen LogP contribution < -0.4 is 0 Å². The van der Waals surface area contributed by atoms with Gasteiger partial charge in [-0.25, -0.2) is 4.68 Å². The molecule has 33 heavy (non-hydrogen) atoms. The summed E-state index contributed by atoms with van der Waals surface area (Å²) in [5.74, 6) is 0.597. The molecule has 178 valence electrons. The SMILES string of the molecule is Cc1ccc(CC(=O)CC(CC(=O)O)c2nnn(C3CC(CC(C)C)C3)c2C2CC2)c(C)c1. The van der Waals surface area contributed by atoms with Gasteiger partial charge in [0.05, 0.1) is 23.9 Å². The highest BCUT2D eigenvalue weighted by Gasteiger charge is 2.40. The summed E-state index contributed by atoms with van der Waals surface area (Å²) in [4.78, 5) is 24.7. The molecule has 1 unspecified atom stereocenters. The van der Waals surface area contributed by atoms with Crippen molar-refractivity contribution in [2.24, 2.45) is 11.8 Å². The van der Waals surface area contributed by atoms with Crippen LogP contribution >= 0.6 is 0 Å². The maximum atomic E-state index is 13.0. The van der Waals surface area contributed by atoms with Crippen LogP contribution in [0, 0.1) is 25.7 Å². The van der Waals surface area contributed by atoms with E-state index >= 15 is 0 Å². The topological polar surface area (TPSA) is 85.1 Å². The number of carbonyl (C=O) groups excluding carboxylic acids is 1. The van der Waals surface area contributed by atoms with Crippen LogP contribution in [0.3, 0.4) is 0 Å². The first-order valence-electron chi connectivity index (χ1n) is 12.5. The van der Waals surface area contributed by atoms with Crippen molar-refractivity contribution in [2.75, 3.05) is 0 Å². The van der Waals surface area contributed by atoms with Crippen LogP contribution in [0.2, 0.25) is 0 Å². The molecule has 0 saturated heterocycles. The number of carboxylic acids is 1. The summed E-state index contributed by atoms with van der Waals surface area (Å²) in [6.45, 7) is 8.59. The van der Waals surface area contributed by atoms with Crippen LogP contribution in [0.4, 0.5) is 0 Å². The quantitative estimate of drug-likeness (QED) is 0.485. The zero-order chi connectivity index (χ0) is 23.7. The molecule has 2 aliphatic carbocycles. The summed E-state index contributed by atoms with van der Waals surface area (Å²) in [6.07, 6.45) is 6.11. The van der Waals surface area contributed by atoms with Crippen molar-refractivity contribution in [3.63, 3.8) is 0 Å². The van der Waals surface area contributed by atoms with E-state index < -0.39 is 11.9 Å². The lowest BCUT2D eigenvalue weighted by Crippen LogP contribution is -2.29. The first kappa shape index (κ1) is 23.7. The fraction of sp³-hybridized carbons (Fsp3) is 0.630. The number of aryl methyl sites for hydroxylation is 2. The van der Waals surface area contributed by atoms with Gasteiger partial charge in [0.2, 0.25) is 0 Å². The van der Waals surface area contributed by atoms with Crippen LogP contribution in [-0.2, 0) is 16.0 Å². The van der Waals surface area contributed by atoms with Crippen molar-refractivity contribution in [3.05, 3.63) is 46.3 Å². The van der Waals surface area contributed by atoms with Crippen LogP contribution in [0.25, 0.3) is 0 Å². The van der Waals surface area contributed by atoms with Crippen LogP contribution in [0.5, 0.6) is 0 Å². The van der Waals surface area contributed by atoms with Gasteiger partial charge in [0, 0.05) is 24.7 Å². The van der Waals surface area contributed by atoms with E-state index in [0.29, 0.717) is 24.3 Å². The number of carbonyl (C=O) groups is 2. The van der Waals surface area contributed by atoms with E-state index in [1.165, 1.54) is 12.0 Å². The fourth-order valence-electron chi connectivity index (χ4n) is 5.47. The van der Waals surface area contributed by atoms with Gasteiger partial charge in [0.25, 0.3) is 0 Å². The molecule has 1 N–H and O–H groups in total. The minimum atomic E-state index is -0.892. The Labute approximate surface area is 196 Å². The number of nitrogens with zero attached hydrogens (tertiary/aromatic N) is 3. The molecule has 0 bridgehead atoms. The Morgan fingerprint density at radius 3 is 2.48 bits per heavy atom. The maximum absolute atomic E-state index is 13.0. The molecule has 2 aromatic rings. The van der Waals surface area contributed by atoms with Gasteiger partial charge >= 0.3 is 5.97 Å². The van der Waals surface area contributed by atoms with E-state index in [0.717, 1.165) is 54.1 Å².